The Morgan fingerprint density at radius 2 is 0.635 bits per heavy atom. The molecule has 0 atom stereocenters. The molecule has 4 N–H and O–H groups in total. The standard InChI is InChI=1S/C32H32Cl2N7O8P3/c33-50(34)39-51(35-21-1-5-25-29(17-21)46-13-9-42-25,36-22-2-6-26-30(18-22)47-14-10-43-26)41-52(40-50,37-23-3-7-27-31(19-23)48-15-11-44-27)38-24-4-8-28-32(20-24)49-16-12-45-28/h1-8,17-20,35-38H,9-16H2. The second-order valence-corrected chi connectivity index (χ2v) is 21.5. The largest absolute Gasteiger partial charge is 0.486 e. The van der Waals surface area contributed by atoms with Gasteiger partial charge in [0.25, 0.3) is 20.9 Å². The van der Waals surface area contributed by atoms with Gasteiger partial charge in [-0.15, -0.1) is 0 Å². The van der Waals surface area contributed by atoms with Crippen molar-refractivity contribution >= 4 is 66.2 Å². The second kappa shape index (κ2) is 13.6. The van der Waals surface area contributed by atoms with Crippen LogP contribution in [0.15, 0.2) is 86.3 Å². The van der Waals surface area contributed by atoms with Crippen LogP contribution >= 0.6 is 43.4 Å². The Bertz CT molecular complexity index is 1980. The Labute approximate surface area is 308 Å². The smallest absolute Gasteiger partial charge is 0.267 e. The first-order valence-electron chi connectivity index (χ1n) is 16.3. The summed E-state index contributed by atoms with van der Waals surface area (Å²) < 4.78 is 62.2. The molecule has 0 saturated heterocycles. The van der Waals surface area contributed by atoms with E-state index in [1.54, 1.807) is 0 Å². The second-order valence-electron chi connectivity index (χ2n) is 11.8. The van der Waals surface area contributed by atoms with Crippen LogP contribution in [0.4, 0.5) is 22.7 Å². The topological polar surface area (TPSA) is 159 Å². The van der Waals surface area contributed by atoms with Crippen molar-refractivity contribution < 1.29 is 37.9 Å². The average molecular weight is 806 g/mol. The van der Waals surface area contributed by atoms with E-state index in [4.69, 9.17) is 73.9 Å². The van der Waals surface area contributed by atoms with Crippen LogP contribution in [0, 0.1) is 0 Å². The molecule has 0 spiro atoms. The lowest BCUT2D eigenvalue weighted by Crippen LogP contribution is -2.17. The molecule has 15 nitrogen and oxygen atoms in total. The summed E-state index contributed by atoms with van der Waals surface area (Å²) in [5.41, 5.74) is 2.56. The highest BCUT2D eigenvalue weighted by atomic mass is 35.9. The summed E-state index contributed by atoms with van der Waals surface area (Å²) in [6, 6.07) is 22.1. The Balaban J connectivity index is 1.21. The summed E-state index contributed by atoms with van der Waals surface area (Å²) in [5, 5.41) is 14.3. The number of nitrogens with one attached hydrogen (secondary N) is 4. The zero-order chi connectivity index (χ0) is 35.2. The van der Waals surface area contributed by atoms with Gasteiger partial charge in [0, 0.05) is 47.0 Å². The number of nitrogens with zero attached hydrogens (tertiary/aromatic N) is 3. The van der Waals surface area contributed by atoms with Crippen molar-refractivity contribution in [1.82, 2.24) is 0 Å². The van der Waals surface area contributed by atoms with Gasteiger partial charge in [-0.2, -0.15) is 13.5 Å². The summed E-state index contributed by atoms with van der Waals surface area (Å²) in [7, 11) is -6.81. The van der Waals surface area contributed by atoms with E-state index in [2.05, 4.69) is 20.3 Å². The van der Waals surface area contributed by atoms with E-state index >= 15 is 0 Å². The molecular formula is C32H32Cl2N7O8P3. The van der Waals surface area contributed by atoms with Gasteiger partial charge in [0.2, 0.25) is 0 Å². The zero-order valence-electron chi connectivity index (χ0n) is 27.3. The molecule has 0 saturated carbocycles. The van der Waals surface area contributed by atoms with Crippen molar-refractivity contribution in [3.05, 3.63) is 72.8 Å². The quantitative estimate of drug-likeness (QED) is 0.125. The van der Waals surface area contributed by atoms with Crippen molar-refractivity contribution in [2.24, 2.45) is 13.5 Å². The molecule has 4 aromatic carbocycles. The van der Waals surface area contributed by atoms with E-state index in [1.807, 2.05) is 72.8 Å². The predicted octanol–water partition coefficient (Wildman–Crippen LogP) is 9.85. The highest BCUT2D eigenvalue weighted by Gasteiger charge is 2.38. The van der Waals surface area contributed by atoms with Gasteiger partial charge in [0.05, 0.1) is 0 Å². The number of hydrogen-bond acceptors (Lipinski definition) is 15. The van der Waals surface area contributed by atoms with Gasteiger partial charge >= 0.3 is 0 Å². The molecule has 0 aliphatic carbocycles. The summed E-state index contributed by atoms with van der Waals surface area (Å²) in [5.74, 6) is 1.37. The minimum atomic E-state index is -3.49. The number of benzene rings is 4. The van der Waals surface area contributed by atoms with Gasteiger partial charge < -0.3 is 58.2 Å². The van der Waals surface area contributed by atoms with Crippen LogP contribution in [0.1, 0.15) is 0 Å². The first-order chi connectivity index (χ1) is 25.3. The lowest BCUT2D eigenvalue weighted by molar-refractivity contribution is 0.171. The van der Waals surface area contributed by atoms with Gasteiger partial charge in [-0.1, -0.05) is 0 Å². The average Bonchev–Trinajstić information content (AvgIpc) is 3.14. The number of ether oxygens (including phenoxy) is 8. The molecule has 0 radical (unpaired) electrons. The van der Waals surface area contributed by atoms with Gasteiger partial charge in [0.15, 0.2) is 46.0 Å². The maximum atomic E-state index is 7.17. The van der Waals surface area contributed by atoms with E-state index in [0.717, 1.165) is 0 Å². The van der Waals surface area contributed by atoms with E-state index in [1.165, 1.54) is 0 Å². The van der Waals surface area contributed by atoms with Crippen LogP contribution in [0.5, 0.6) is 46.0 Å². The van der Waals surface area contributed by atoms with Gasteiger partial charge in [0.1, 0.15) is 52.9 Å². The number of rotatable bonds is 8. The van der Waals surface area contributed by atoms with Crippen LogP contribution in [-0.2, 0) is 0 Å². The van der Waals surface area contributed by atoms with Crippen LogP contribution < -0.4 is 58.2 Å². The minimum Gasteiger partial charge on any atom is -0.486 e. The third-order valence-electron chi connectivity index (χ3n) is 8.04. The molecule has 0 bridgehead atoms. The Kier molecular flexibility index (Phi) is 8.80. The van der Waals surface area contributed by atoms with E-state index in [-0.39, 0.29) is 0 Å². The highest BCUT2D eigenvalue weighted by molar-refractivity contribution is 8.14. The van der Waals surface area contributed by atoms with Gasteiger partial charge in [-0.3, -0.25) is 0 Å². The molecule has 0 aromatic heterocycles. The molecule has 0 unspecified atom stereocenters. The van der Waals surface area contributed by atoms with Gasteiger partial charge in [-0.25, -0.2) is 0 Å². The maximum Gasteiger partial charge on any atom is 0.267 e. The highest BCUT2D eigenvalue weighted by Crippen LogP contribution is 2.81. The fourth-order valence-electron chi connectivity index (χ4n) is 5.96. The molecule has 20 heteroatoms. The molecule has 4 aromatic rings. The number of anilines is 4. The molecule has 5 aliphatic heterocycles. The SMILES string of the molecule is ClP1(Cl)=NP(Nc2ccc3c(c2)OCCO3)(Nc2ccc3c(c2)OCCO3)=NP(Nc2ccc3c(c2)OCCO3)(Nc2ccc3c(c2)OCCO3)=N1. The molecule has 5 heterocycles. The predicted molar refractivity (Wildman–Crippen MR) is 204 cm³/mol. The third-order valence-corrected chi connectivity index (χ3v) is 18.6. The number of fused-ring (bicyclic) bond motifs is 4. The van der Waals surface area contributed by atoms with E-state index < -0.39 is 20.9 Å². The molecule has 5 aliphatic rings. The Morgan fingerprint density at radius 3 is 0.942 bits per heavy atom. The van der Waals surface area contributed by atoms with Crippen LogP contribution in [0.25, 0.3) is 0 Å². The van der Waals surface area contributed by atoms with Crippen LogP contribution in [0.3, 0.4) is 0 Å². The lowest BCUT2D eigenvalue weighted by Gasteiger charge is -2.35. The number of halogens is 2. The summed E-state index contributed by atoms with van der Waals surface area (Å²) in [6.45, 7) is 3.54. The summed E-state index contributed by atoms with van der Waals surface area (Å²) >= 11 is 14.3. The van der Waals surface area contributed by atoms with E-state index in [0.29, 0.717) is 122 Å². The van der Waals surface area contributed by atoms with Crippen molar-refractivity contribution in [2.75, 3.05) is 73.2 Å². The molecule has 0 fully saturated rings. The van der Waals surface area contributed by atoms with Crippen molar-refractivity contribution in [2.45, 2.75) is 0 Å². The van der Waals surface area contributed by atoms with Crippen LogP contribution in [0.2, 0.25) is 0 Å². The number of hydrogen-bond donors (Lipinski definition) is 4. The van der Waals surface area contributed by atoms with Gasteiger partial charge in [-0.05, 0) is 71.0 Å². The Morgan fingerprint density at radius 1 is 0.365 bits per heavy atom. The monoisotopic (exact) mass is 805 g/mol. The maximum absolute atomic E-state index is 7.17. The summed E-state index contributed by atoms with van der Waals surface area (Å²) in [6.07, 6.45) is 0. The fraction of sp³-hybridized carbons (Fsp3) is 0.250. The fourth-order valence-corrected chi connectivity index (χ4v) is 18.4. The first kappa shape index (κ1) is 33.6. The van der Waals surface area contributed by atoms with E-state index in [9.17, 15) is 0 Å². The third kappa shape index (κ3) is 7.08. The Hall–Kier alpha value is -4.25. The summed E-state index contributed by atoms with van der Waals surface area (Å²) in [4.78, 5) is 0. The molecule has 272 valence electrons. The molecule has 52 heavy (non-hydrogen) atoms. The minimum absolute atomic E-state index is 0.422. The van der Waals surface area contributed by atoms with Crippen molar-refractivity contribution in [3.63, 3.8) is 0 Å². The zero-order valence-corrected chi connectivity index (χ0v) is 31.5. The van der Waals surface area contributed by atoms with Crippen LogP contribution in [-0.4, -0.2) is 52.9 Å². The molecule has 0 amide bonds. The first-order valence-corrected chi connectivity index (χ1v) is 23.2. The lowest BCUT2D eigenvalue weighted by atomic mass is 10.3. The molecule has 9 rings (SSSR count). The van der Waals surface area contributed by atoms with Crippen molar-refractivity contribution in [1.29, 1.82) is 0 Å². The van der Waals surface area contributed by atoms with Crippen molar-refractivity contribution in [3.8, 4) is 46.0 Å². The normalized spacial score (nSPS) is 19.3. The molecular weight excluding hydrogens is 774 g/mol.